The SMILES string of the molecule is CN(C)C(=O)Cn1nc2n(c1=O)-c1cc(Cl)ccc1C1=NCCN12. The molecule has 8 nitrogen and oxygen atoms in total. The van der Waals surface area contributed by atoms with Gasteiger partial charge in [0, 0.05) is 31.2 Å². The summed E-state index contributed by atoms with van der Waals surface area (Å²) in [5, 5.41) is 4.89. The molecule has 0 saturated carbocycles. The fourth-order valence-corrected chi connectivity index (χ4v) is 3.07. The number of amides is 1. The third kappa shape index (κ3) is 2.06. The van der Waals surface area contributed by atoms with Crippen molar-refractivity contribution in [3.05, 3.63) is 39.3 Å². The molecule has 3 heterocycles. The van der Waals surface area contributed by atoms with Gasteiger partial charge in [-0.2, -0.15) is 0 Å². The molecule has 24 heavy (non-hydrogen) atoms. The van der Waals surface area contributed by atoms with Crippen LogP contribution in [-0.2, 0) is 11.3 Å². The number of nitrogens with zero attached hydrogens (tertiary/aromatic N) is 6. The number of hydrogen-bond acceptors (Lipinski definition) is 5. The Bertz CT molecular complexity index is 942. The molecule has 0 aliphatic carbocycles. The molecular weight excluding hydrogens is 332 g/mol. The molecule has 0 radical (unpaired) electrons. The summed E-state index contributed by atoms with van der Waals surface area (Å²) in [6.45, 7) is 1.17. The molecule has 2 aliphatic rings. The van der Waals surface area contributed by atoms with Crippen LogP contribution in [0.15, 0.2) is 28.0 Å². The van der Waals surface area contributed by atoms with Crippen LogP contribution in [0.3, 0.4) is 0 Å². The van der Waals surface area contributed by atoms with Gasteiger partial charge in [-0.1, -0.05) is 11.6 Å². The number of benzene rings is 1. The van der Waals surface area contributed by atoms with Crippen molar-refractivity contribution >= 4 is 29.3 Å². The van der Waals surface area contributed by atoms with Gasteiger partial charge in [-0.15, -0.1) is 5.10 Å². The second-order valence-corrected chi connectivity index (χ2v) is 6.32. The van der Waals surface area contributed by atoms with Gasteiger partial charge in [-0.3, -0.25) is 14.7 Å². The average Bonchev–Trinajstić information content (AvgIpc) is 3.13. The van der Waals surface area contributed by atoms with E-state index in [4.69, 9.17) is 11.6 Å². The number of carbonyl (C=O) groups excluding carboxylic acids is 1. The molecule has 4 rings (SSSR count). The molecule has 124 valence electrons. The van der Waals surface area contributed by atoms with Crippen molar-refractivity contribution in [3.8, 4) is 5.69 Å². The van der Waals surface area contributed by atoms with E-state index in [1.54, 1.807) is 26.2 Å². The first-order chi connectivity index (χ1) is 11.5. The Morgan fingerprint density at radius 3 is 2.92 bits per heavy atom. The number of hydrogen-bond donors (Lipinski definition) is 0. The molecule has 0 atom stereocenters. The van der Waals surface area contributed by atoms with Gasteiger partial charge in [0.25, 0.3) is 0 Å². The van der Waals surface area contributed by atoms with Crippen LogP contribution in [0.2, 0.25) is 5.02 Å². The maximum atomic E-state index is 12.8. The van der Waals surface area contributed by atoms with Crippen molar-refractivity contribution in [2.75, 3.05) is 32.1 Å². The number of carbonyl (C=O) groups is 1. The molecule has 0 N–H and O–H groups in total. The zero-order chi connectivity index (χ0) is 17.0. The Labute approximate surface area is 142 Å². The standard InChI is InChI=1S/C15H15ClN6O2/c1-19(2)12(23)8-21-15(24)22-11-7-9(16)3-4-10(11)13-17-5-6-20(13)14(22)18-21/h3-4,7H,5-6,8H2,1-2H3. The predicted octanol–water partition coefficient (Wildman–Crippen LogP) is 0.356. The molecule has 2 aliphatic heterocycles. The zero-order valence-electron chi connectivity index (χ0n) is 13.2. The van der Waals surface area contributed by atoms with Gasteiger partial charge in [0.2, 0.25) is 11.9 Å². The van der Waals surface area contributed by atoms with E-state index in [1.807, 2.05) is 11.0 Å². The third-order valence-corrected chi connectivity index (χ3v) is 4.37. The minimum Gasteiger partial charge on any atom is -0.347 e. The van der Waals surface area contributed by atoms with Crippen molar-refractivity contribution in [2.45, 2.75) is 6.54 Å². The summed E-state index contributed by atoms with van der Waals surface area (Å²) in [5.74, 6) is 1.05. The van der Waals surface area contributed by atoms with Gasteiger partial charge in [-0.25, -0.2) is 14.0 Å². The molecule has 0 bridgehead atoms. The highest BCUT2D eigenvalue weighted by Gasteiger charge is 2.34. The highest BCUT2D eigenvalue weighted by molar-refractivity contribution is 6.31. The normalized spacial score (nSPS) is 14.8. The molecule has 0 fully saturated rings. The fourth-order valence-electron chi connectivity index (χ4n) is 2.91. The Balaban J connectivity index is 1.92. The second-order valence-electron chi connectivity index (χ2n) is 5.88. The summed E-state index contributed by atoms with van der Waals surface area (Å²) in [6, 6.07) is 5.35. The van der Waals surface area contributed by atoms with Crippen molar-refractivity contribution < 1.29 is 4.79 Å². The number of anilines is 1. The predicted molar refractivity (Wildman–Crippen MR) is 90.3 cm³/mol. The average molecular weight is 347 g/mol. The van der Waals surface area contributed by atoms with E-state index in [9.17, 15) is 9.59 Å². The highest BCUT2D eigenvalue weighted by Crippen LogP contribution is 2.31. The monoisotopic (exact) mass is 346 g/mol. The summed E-state index contributed by atoms with van der Waals surface area (Å²) in [5.41, 5.74) is 1.11. The molecule has 0 spiro atoms. The molecule has 9 heteroatoms. The molecular formula is C15H15ClN6O2. The van der Waals surface area contributed by atoms with Crippen LogP contribution in [0, 0.1) is 0 Å². The second kappa shape index (κ2) is 5.20. The summed E-state index contributed by atoms with van der Waals surface area (Å²) < 4.78 is 2.68. The highest BCUT2D eigenvalue weighted by atomic mass is 35.5. The van der Waals surface area contributed by atoms with Crippen LogP contribution >= 0.6 is 11.6 Å². The third-order valence-electron chi connectivity index (χ3n) is 4.13. The van der Waals surface area contributed by atoms with E-state index in [0.717, 1.165) is 11.4 Å². The van der Waals surface area contributed by atoms with Gasteiger partial charge < -0.3 is 4.90 Å². The maximum absolute atomic E-state index is 12.8. The van der Waals surface area contributed by atoms with Crippen molar-refractivity contribution in [2.24, 2.45) is 4.99 Å². The van der Waals surface area contributed by atoms with Crippen LogP contribution in [0.4, 0.5) is 5.95 Å². The molecule has 0 saturated heterocycles. The fraction of sp³-hybridized carbons (Fsp3) is 0.333. The number of amidine groups is 1. The topological polar surface area (TPSA) is 75.7 Å². The van der Waals surface area contributed by atoms with Crippen LogP contribution < -0.4 is 10.6 Å². The van der Waals surface area contributed by atoms with Crippen LogP contribution in [0.25, 0.3) is 5.69 Å². The van der Waals surface area contributed by atoms with E-state index in [1.165, 1.54) is 14.1 Å². The number of fused-ring (bicyclic) bond motifs is 6. The molecule has 1 aromatic heterocycles. The Morgan fingerprint density at radius 2 is 2.17 bits per heavy atom. The summed E-state index contributed by atoms with van der Waals surface area (Å²) >= 11 is 6.11. The lowest BCUT2D eigenvalue weighted by molar-refractivity contribution is -0.129. The van der Waals surface area contributed by atoms with Crippen molar-refractivity contribution in [1.82, 2.24) is 19.2 Å². The largest absolute Gasteiger partial charge is 0.352 e. The van der Waals surface area contributed by atoms with Crippen molar-refractivity contribution in [1.29, 1.82) is 0 Å². The van der Waals surface area contributed by atoms with Gasteiger partial charge >= 0.3 is 5.69 Å². The van der Waals surface area contributed by atoms with Gasteiger partial charge in [0.05, 0.1) is 12.2 Å². The molecule has 2 aromatic rings. The summed E-state index contributed by atoms with van der Waals surface area (Å²) in [6.07, 6.45) is 0. The lowest BCUT2D eigenvalue weighted by atomic mass is 10.1. The van der Waals surface area contributed by atoms with Gasteiger partial charge in [-0.05, 0) is 18.2 Å². The van der Waals surface area contributed by atoms with Gasteiger partial charge in [0.15, 0.2) is 0 Å². The Kier molecular flexibility index (Phi) is 3.24. The van der Waals surface area contributed by atoms with Crippen LogP contribution in [-0.4, -0.2) is 58.2 Å². The first-order valence-electron chi connectivity index (χ1n) is 7.49. The minimum atomic E-state index is -0.366. The number of halogens is 1. The minimum absolute atomic E-state index is 0.109. The Morgan fingerprint density at radius 1 is 1.38 bits per heavy atom. The zero-order valence-corrected chi connectivity index (χ0v) is 14.0. The summed E-state index contributed by atoms with van der Waals surface area (Å²) in [7, 11) is 3.29. The van der Waals surface area contributed by atoms with E-state index in [0.29, 0.717) is 29.7 Å². The maximum Gasteiger partial charge on any atom is 0.352 e. The number of aliphatic imine (C=N–C) groups is 1. The number of likely N-dealkylation sites (N-methyl/N-ethyl adjacent to an activating group) is 1. The summed E-state index contributed by atoms with van der Waals surface area (Å²) in [4.78, 5) is 32.6. The molecule has 0 unspecified atom stereocenters. The molecule has 1 amide bonds. The molecule has 1 aromatic carbocycles. The van der Waals surface area contributed by atoms with E-state index in [2.05, 4.69) is 10.1 Å². The first-order valence-corrected chi connectivity index (χ1v) is 7.87. The quantitative estimate of drug-likeness (QED) is 0.786. The van der Waals surface area contributed by atoms with Crippen LogP contribution in [0.1, 0.15) is 5.56 Å². The Hall–Kier alpha value is -2.61. The van der Waals surface area contributed by atoms with E-state index < -0.39 is 0 Å². The first kappa shape index (κ1) is 14.9. The van der Waals surface area contributed by atoms with E-state index in [-0.39, 0.29) is 18.1 Å². The smallest absolute Gasteiger partial charge is 0.347 e. The lowest BCUT2D eigenvalue weighted by Crippen LogP contribution is -2.37. The number of aromatic nitrogens is 3. The lowest BCUT2D eigenvalue weighted by Gasteiger charge is -2.26. The van der Waals surface area contributed by atoms with Crippen molar-refractivity contribution in [3.63, 3.8) is 0 Å². The van der Waals surface area contributed by atoms with Crippen LogP contribution in [0.5, 0.6) is 0 Å². The van der Waals surface area contributed by atoms with E-state index >= 15 is 0 Å². The van der Waals surface area contributed by atoms with Gasteiger partial charge in [0.1, 0.15) is 12.4 Å². The number of rotatable bonds is 2.